The molecular formula is C11H21FO2S. The van der Waals surface area contributed by atoms with Gasteiger partial charge in [0.25, 0.3) is 0 Å². The summed E-state index contributed by atoms with van der Waals surface area (Å²) in [5.41, 5.74) is -0.414. The number of thioether (sulfide) groups is 1. The fourth-order valence-electron chi connectivity index (χ4n) is 1.07. The van der Waals surface area contributed by atoms with E-state index in [2.05, 4.69) is 0 Å². The van der Waals surface area contributed by atoms with Crippen molar-refractivity contribution in [1.29, 1.82) is 0 Å². The molecule has 0 saturated heterocycles. The van der Waals surface area contributed by atoms with Gasteiger partial charge >= 0.3 is 5.97 Å². The molecule has 0 aliphatic carbocycles. The Hall–Kier alpha value is -0.250. The quantitative estimate of drug-likeness (QED) is 0.524. The predicted octanol–water partition coefficient (Wildman–Crippen LogP) is 3.06. The van der Waals surface area contributed by atoms with Crippen molar-refractivity contribution in [2.45, 2.75) is 39.7 Å². The van der Waals surface area contributed by atoms with Crippen LogP contribution < -0.4 is 0 Å². The first-order chi connectivity index (χ1) is 6.85. The first-order valence-corrected chi connectivity index (χ1v) is 6.36. The predicted molar refractivity (Wildman–Crippen MR) is 62.9 cm³/mol. The second-order valence-corrected chi connectivity index (χ2v) is 5.81. The molecule has 2 nitrogen and oxygen atoms in total. The van der Waals surface area contributed by atoms with Crippen LogP contribution >= 0.6 is 11.8 Å². The number of esters is 1. The highest BCUT2D eigenvalue weighted by Crippen LogP contribution is 2.15. The van der Waals surface area contributed by atoms with Crippen LogP contribution in [0.2, 0.25) is 0 Å². The van der Waals surface area contributed by atoms with E-state index in [1.54, 1.807) is 0 Å². The van der Waals surface area contributed by atoms with Crippen molar-refractivity contribution in [3.63, 3.8) is 0 Å². The van der Waals surface area contributed by atoms with Gasteiger partial charge in [0.2, 0.25) is 0 Å². The third-order valence-electron chi connectivity index (χ3n) is 1.56. The number of alkyl halides is 1. The van der Waals surface area contributed by atoms with E-state index in [1.165, 1.54) is 11.8 Å². The van der Waals surface area contributed by atoms with Crippen molar-refractivity contribution in [1.82, 2.24) is 0 Å². The molecule has 90 valence electrons. The summed E-state index contributed by atoms with van der Waals surface area (Å²) in [6.45, 7) is 7.24. The first kappa shape index (κ1) is 14.8. The SMILES string of the molecule is C[C@H](CSCCF)CC(=O)OC(C)(C)C. The van der Waals surface area contributed by atoms with Crippen molar-refractivity contribution < 1.29 is 13.9 Å². The second-order valence-electron chi connectivity index (χ2n) is 4.66. The maximum atomic E-state index is 11.8. The Morgan fingerprint density at radius 2 is 2.07 bits per heavy atom. The Labute approximate surface area is 96.0 Å². The van der Waals surface area contributed by atoms with Gasteiger partial charge in [-0.1, -0.05) is 6.92 Å². The van der Waals surface area contributed by atoms with Gasteiger partial charge < -0.3 is 4.74 Å². The van der Waals surface area contributed by atoms with Gasteiger partial charge in [0.05, 0.1) is 6.67 Å². The summed E-state index contributed by atoms with van der Waals surface area (Å²) in [5.74, 6) is 1.40. The molecule has 0 rings (SSSR count). The van der Waals surface area contributed by atoms with Crippen LogP contribution in [-0.4, -0.2) is 29.8 Å². The minimum absolute atomic E-state index is 0.171. The summed E-state index contributed by atoms with van der Waals surface area (Å²) in [6, 6.07) is 0. The van der Waals surface area contributed by atoms with Gasteiger partial charge in [-0.05, 0) is 32.4 Å². The summed E-state index contributed by atoms with van der Waals surface area (Å²) in [6.07, 6.45) is 0.413. The highest BCUT2D eigenvalue weighted by Gasteiger charge is 2.18. The van der Waals surface area contributed by atoms with Crippen LogP contribution in [0.5, 0.6) is 0 Å². The summed E-state index contributed by atoms with van der Waals surface area (Å²) < 4.78 is 17.0. The number of hydrogen-bond acceptors (Lipinski definition) is 3. The maximum Gasteiger partial charge on any atom is 0.306 e. The van der Waals surface area contributed by atoms with Crippen LogP contribution in [0.4, 0.5) is 4.39 Å². The average molecular weight is 236 g/mol. The highest BCUT2D eigenvalue weighted by atomic mass is 32.2. The van der Waals surface area contributed by atoms with Crippen LogP contribution in [0, 0.1) is 5.92 Å². The van der Waals surface area contributed by atoms with Crippen molar-refractivity contribution in [3.8, 4) is 0 Å². The lowest BCUT2D eigenvalue weighted by atomic mass is 10.1. The average Bonchev–Trinajstić information content (AvgIpc) is 2.00. The van der Waals surface area contributed by atoms with E-state index >= 15 is 0 Å². The van der Waals surface area contributed by atoms with Gasteiger partial charge in [-0.2, -0.15) is 11.8 Å². The van der Waals surface area contributed by atoms with Crippen molar-refractivity contribution in [2.75, 3.05) is 18.2 Å². The lowest BCUT2D eigenvalue weighted by Gasteiger charge is -2.20. The topological polar surface area (TPSA) is 26.3 Å². The van der Waals surface area contributed by atoms with Gasteiger partial charge in [0, 0.05) is 12.2 Å². The molecule has 0 amide bonds. The summed E-state index contributed by atoms with van der Waals surface area (Å²) in [5, 5.41) is 0. The van der Waals surface area contributed by atoms with Crippen molar-refractivity contribution in [3.05, 3.63) is 0 Å². The maximum absolute atomic E-state index is 11.8. The standard InChI is InChI=1S/C11H21FO2S/c1-9(8-15-6-5-12)7-10(13)14-11(2,3)4/h9H,5-8H2,1-4H3/t9-/m0/s1. The number of halogens is 1. The molecule has 0 fully saturated rings. The Morgan fingerprint density at radius 3 is 2.53 bits per heavy atom. The first-order valence-electron chi connectivity index (χ1n) is 5.20. The van der Waals surface area contributed by atoms with E-state index in [9.17, 15) is 9.18 Å². The molecule has 0 aromatic heterocycles. The van der Waals surface area contributed by atoms with Crippen LogP contribution in [0.1, 0.15) is 34.1 Å². The van der Waals surface area contributed by atoms with E-state index < -0.39 is 5.60 Å². The van der Waals surface area contributed by atoms with Crippen molar-refractivity contribution in [2.24, 2.45) is 5.92 Å². The molecule has 4 heteroatoms. The zero-order valence-electron chi connectivity index (χ0n) is 10.0. The zero-order chi connectivity index (χ0) is 11.9. The smallest absolute Gasteiger partial charge is 0.306 e. The lowest BCUT2D eigenvalue weighted by Crippen LogP contribution is -2.25. The molecule has 0 aliphatic rings. The molecule has 0 N–H and O–H groups in total. The van der Waals surface area contributed by atoms with E-state index in [1.807, 2.05) is 27.7 Å². The zero-order valence-corrected chi connectivity index (χ0v) is 10.8. The number of hydrogen-bond donors (Lipinski definition) is 0. The van der Waals surface area contributed by atoms with E-state index in [0.29, 0.717) is 12.2 Å². The van der Waals surface area contributed by atoms with Gasteiger partial charge in [-0.25, -0.2) is 0 Å². The fourth-order valence-corrected chi connectivity index (χ4v) is 1.86. The number of carbonyl (C=O) groups excluding carboxylic acids is 1. The molecule has 0 unspecified atom stereocenters. The fraction of sp³-hybridized carbons (Fsp3) is 0.909. The Balaban J connectivity index is 3.67. The Morgan fingerprint density at radius 1 is 1.47 bits per heavy atom. The molecule has 0 spiro atoms. The number of carbonyl (C=O) groups is 1. The third-order valence-corrected chi connectivity index (χ3v) is 2.81. The molecule has 0 aromatic rings. The van der Waals surface area contributed by atoms with Crippen molar-refractivity contribution >= 4 is 17.7 Å². The molecular weight excluding hydrogens is 215 g/mol. The Bertz CT molecular complexity index is 190. The second kappa shape index (κ2) is 7.09. The minimum atomic E-state index is -0.414. The van der Waals surface area contributed by atoms with E-state index in [0.717, 1.165) is 5.75 Å². The number of rotatable bonds is 6. The van der Waals surface area contributed by atoms with Crippen LogP contribution in [0.25, 0.3) is 0 Å². The summed E-state index contributed by atoms with van der Waals surface area (Å²) in [7, 11) is 0. The highest BCUT2D eigenvalue weighted by molar-refractivity contribution is 7.99. The summed E-state index contributed by atoms with van der Waals surface area (Å²) in [4.78, 5) is 11.4. The van der Waals surface area contributed by atoms with Gasteiger partial charge in [0.15, 0.2) is 0 Å². The molecule has 1 atom stereocenters. The third kappa shape index (κ3) is 10.0. The molecule has 0 aliphatic heterocycles. The minimum Gasteiger partial charge on any atom is -0.460 e. The normalized spacial score (nSPS) is 13.7. The van der Waals surface area contributed by atoms with Gasteiger partial charge in [0.1, 0.15) is 5.60 Å². The Kier molecular flexibility index (Phi) is 6.98. The molecule has 0 bridgehead atoms. The van der Waals surface area contributed by atoms with E-state index in [4.69, 9.17) is 4.74 Å². The van der Waals surface area contributed by atoms with Gasteiger partial charge in [-0.15, -0.1) is 0 Å². The van der Waals surface area contributed by atoms with Crippen LogP contribution in [-0.2, 0) is 9.53 Å². The van der Waals surface area contributed by atoms with Crippen LogP contribution in [0.3, 0.4) is 0 Å². The molecule has 15 heavy (non-hydrogen) atoms. The van der Waals surface area contributed by atoms with Crippen LogP contribution in [0.15, 0.2) is 0 Å². The van der Waals surface area contributed by atoms with Gasteiger partial charge in [-0.3, -0.25) is 9.18 Å². The summed E-state index contributed by atoms with van der Waals surface area (Å²) >= 11 is 1.54. The molecule has 0 radical (unpaired) electrons. The van der Waals surface area contributed by atoms with E-state index in [-0.39, 0.29) is 18.6 Å². The monoisotopic (exact) mass is 236 g/mol. The lowest BCUT2D eigenvalue weighted by molar-refractivity contribution is -0.155. The number of ether oxygens (including phenoxy) is 1. The molecule has 0 saturated carbocycles. The molecule has 0 aromatic carbocycles. The largest absolute Gasteiger partial charge is 0.460 e. The molecule has 0 heterocycles.